The van der Waals surface area contributed by atoms with Crippen molar-refractivity contribution < 1.29 is 19.1 Å². The highest BCUT2D eigenvalue weighted by Crippen LogP contribution is 2.55. The Kier molecular flexibility index (Phi) is 8.92. The molecule has 0 atom stereocenters. The van der Waals surface area contributed by atoms with Gasteiger partial charge in [0, 0.05) is 64.1 Å². The Morgan fingerprint density at radius 1 is 0.851 bits per heavy atom. The van der Waals surface area contributed by atoms with E-state index >= 15 is 0 Å². The summed E-state index contributed by atoms with van der Waals surface area (Å²) in [4.78, 5) is 43.8. The van der Waals surface area contributed by atoms with E-state index < -0.39 is 5.92 Å². The number of carbonyl (C=O) groups is 3. The van der Waals surface area contributed by atoms with Gasteiger partial charge in [-0.05, 0) is 72.9 Å². The first kappa shape index (κ1) is 32.8. The van der Waals surface area contributed by atoms with Crippen LogP contribution in [0.3, 0.4) is 0 Å². The van der Waals surface area contributed by atoms with E-state index in [1.54, 1.807) is 18.2 Å². The fraction of sp³-hybridized carbons (Fsp3) is 0.375. The molecule has 0 saturated heterocycles. The maximum Gasteiger partial charge on any atom is 0.262 e. The Bertz CT molecular complexity index is 1730. The Morgan fingerprint density at radius 2 is 1.45 bits per heavy atom. The maximum atomic E-state index is 14.3. The van der Waals surface area contributed by atoms with Crippen molar-refractivity contribution in [1.29, 1.82) is 0 Å². The smallest absolute Gasteiger partial charge is 0.262 e. The molecule has 2 aliphatic carbocycles. The quantitative estimate of drug-likeness (QED) is 0.264. The van der Waals surface area contributed by atoms with Gasteiger partial charge < -0.3 is 15.0 Å². The zero-order chi connectivity index (χ0) is 33.5. The first-order chi connectivity index (χ1) is 22.3. The molecule has 1 N–H and O–H groups in total. The zero-order valence-electron chi connectivity index (χ0n) is 27.9. The number of Topliss-reactive ketones (excluding diaryl/α,β-unsaturated/α-hetero) is 2. The van der Waals surface area contributed by atoms with Crippen LogP contribution in [-0.2, 0) is 20.8 Å². The van der Waals surface area contributed by atoms with E-state index in [-0.39, 0.29) is 34.9 Å². The number of rotatable bonds is 8. The van der Waals surface area contributed by atoms with Gasteiger partial charge in [0.1, 0.15) is 5.75 Å². The molecule has 0 bridgehead atoms. The van der Waals surface area contributed by atoms with E-state index in [2.05, 4.69) is 50.0 Å². The van der Waals surface area contributed by atoms with Gasteiger partial charge in [-0.3, -0.25) is 14.4 Å². The van der Waals surface area contributed by atoms with Crippen LogP contribution < -0.4 is 10.1 Å². The van der Waals surface area contributed by atoms with Crippen LogP contribution in [0.15, 0.2) is 95.3 Å². The predicted molar refractivity (Wildman–Crippen MR) is 186 cm³/mol. The van der Waals surface area contributed by atoms with Gasteiger partial charge in [0.2, 0.25) is 0 Å². The number of nitrogens with zero attached hydrogens (tertiary/aromatic N) is 1. The lowest BCUT2D eigenvalue weighted by atomic mass is 9.63. The highest BCUT2D eigenvalue weighted by molar-refractivity contribution is 6.30. The summed E-state index contributed by atoms with van der Waals surface area (Å²) in [6.07, 6.45) is 2.96. The van der Waals surface area contributed by atoms with Gasteiger partial charge in [0.15, 0.2) is 18.2 Å². The van der Waals surface area contributed by atoms with Crippen LogP contribution in [0.5, 0.6) is 5.75 Å². The van der Waals surface area contributed by atoms with E-state index in [0.717, 1.165) is 23.4 Å². The molecule has 0 radical (unpaired) electrons. The normalized spacial score (nSPS) is 19.0. The van der Waals surface area contributed by atoms with Crippen molar-refractivity contribution in [3.05, 3.63) is 117 Å². The minimum Gasteiger partial charge on any atom is -0.483 e. The van der Waals surface area contributed by atoms with Crippen LogP contribution in [0.1, 0.15) is 76.0 Å². The van der Waals surface area contributed by atoms with Crippen molar-refractivity contribution in [2.75, 3.05) is 18.5 Å². The van der Waals surface area contributed by atoms with E-state index in [1.165, 1.54) is 5.56 Å². The highest BCUT2D eigenvalue weighted by Gasteiger charge is 2.49. The van der Waals surface area contributed by atoms with Crippen molar-refractivity contribution in [3.8, 4) is 5.75 Å². The second-order valence-electron chi connectivity index (χ2n) is 14.8. The summed E-state index contributed by atoms with van der Waals surface area (Å²) in [5.41, 5.74) is 6.43. The molecule has 1 amide bonds. The number of hydrogen-bond donors (Lipinski definition) is 1. The van der Waals surface area contributed by atoms with Gasteiger partial charge in [0.25, 0.3) is 5.91 Å². The Morgan fingerprint density at radius 3 is 2.04 bits per heavy atom. The molecule has 3 aromatic carbocycles. The summed E-state index contributed by atoms with van der Waals surface area (Å²) in [5, 5.41) is 3.35. The molecule has 0 saturated carbocycles. The average molecular weight is 651 g/mol. The Hall–Kier alpha value is -4.16. The lowest BCUT2D eigenvalue weighted by molar-refractivity contribution is -0.120. The van der Waals surface area contributed by atoms with Gasteiger partial charge in [-0.15, -0.1) is 0 Å². The molecular weight excluding hydrogens is 608 g/mol. The molecule has 3 aromatic rings. The highest BCUT2D eigenvalue weighted by atomic mass is 35.5. The topological polar surface area (TPSA) is 75.7 Å². The van der Waals surface area contributed by atoms with Gasteiger partial charge in [-0.1, -0.05) is 87.3 Å². The van der Waals surface area contributed by atoms with Crippen LogP contribution >= 0.6 is 11.6 Å². The average Bonchev–Trinajstić information content (AvgIpc) is 2.99. The lowest BCUT2D eigenvalue weighted by Gasteiger charge is -2.49. The molecule has 0 aromatic heterocycles. The lowest BCUT2D eigenvalue weighted by Crippen LogP contribution is -2.45. The van der Waals surface area contributed by atoms with Crippen molar-refractivity contribution >= 4 is 34.8 Å². The fourth-order valence-corrected chi connectivity index (χ4v) is 7.55. The number of allylic oxidation sites excluding steroid dienone is 4. The minimum atomic E-state index is -0.631. The number of hydrogen-bond acceptors (Lipinski definition) is 5. The second-order valence-corrected chi connectivity index (χ2v) is 15.2. The zero-order valence-corrected chi connectivity index (χ0v) is 28.7. The monoisotopic (exact) mass is 650 g/mol. The molecule has 0 fully saturated rings. The molecule has 3 aliphatic rings. The number of amides is 1. The molecule has 1 aliphatic heterocycles. The van der Waals surface area contributed by atoms with Crippen LogP contribution in [0, 0.1) is 17.8 Å². The number of aryl methyl sites for hydroxylation is 1. The molecule has 0 unspecified atom stereocenters. The number of nitrogens with one attached hydrogen (secondary N) is 1. The van der Waals surface area contributed by atoms with E-state index in [1.807, 2.05) is 49.4 Å². The molecule has 7 heteroatoms. The third kappa shape index (κ3) is 7.08. The van der Waals surface area contributed by atoms with Crippen LogP contribution in [0.25, 0.3) is 0 Å². The number of benzene rings is 3. The predicted octanol–water partition coefficient (Wildman–Crippen LogP) is 8.59. The Labute approximate surface area is 282 Å². The molecule has 6 nitrogen and oxygen atoms in total. The van der Waals surface area contributed by atoms with Gasteiger partial charge in [-0.25, -0.2) is 0 Å². The number of ketones is 2. The van der Waals surface area contributed by atoms with Crippen LogP contribution in [0.4, 0.5) is 5.69 Å². The summed E-state index contributed by atoms with van der Waals surface area (Å²) >= 11 is 6.63. The van der Waals surface area contributed by atoms with Crippen LogP contribution in [0.2, 0.25) is 5.02 Å². The van der Waals surface area contributed by atoms with E-state index in [9.17, 15) is 14.4 Å². The Balaban J connectivity index is 1.43. The summed E-state index contributed by atoms with van der Waals surface area (Å²) in [6.45, 7) is 11.0. The first-order valence-corrected chi connectivity index (χ1v) is 16.8. The van der Waals surface area contributed by atoms with Crippen molar-refractivity contribution in [2.45, 2.75) is 72.6 Å². The molecule has 47 heavy (non-hydrogen) atoms. The minimum absolute atomic E-state index is 0.0400. The largest absolute Gasteiger partial charge is 0.483 e. The summed E-state index contributed by atoms with van der Waals surface area (Å²) in [7, 11) is 0. The standard InChI is InChI=1S/C40H43ClN2O4/c1-25-11-14-28(15-12-25)42-35(46)24-47-34-16-13-27(41)19-29(34)36-37-30(20-39(2,3)22-32(37)44)43(18-17-26-9-7-6-8-10-26)31-21-40(4,5)23-33(45)38(31)36/h6-16,19,36H,17-18,20-24H2,1-5H3,(H,42,46). The number of halogens is 1. The molecule has 0 spiro atoms. The third-order valence-corrected chi connectivity index (χ3v) is 9.70. The number of anilines is 1. The molecule has 6 rings (SSSR count). The van der Waals surface area contributed by atoms with E-state index in [4.69, 9.17) is 16.3 Å². The first-order valence-electron chi connectivity index (χ1n) is 16.4. The second kappa shape index (κ2) is 12.8. The maximum absolute atomic E-state index is 14.3. The number of carbonyl (C=O) groups excluding carboxylic acids is 3. The summed E-state index contributed by atoms with van der Waals surface area (Å²) in [5.74, 6) is -0.424. The molecular formula is C40H43ClN2O4. The fourth-order valence-electron chi connectivity index (χ4n) is 7.37. The van der Waals surface area contributed by atoms with Gasteiger partial charge >= 0.3 is 0 Å². The number of ether oxygens (including phenoxy) is 1. The third-order valence-electron chi connectivity index (χ3n) is 9.47. The van der Waals surface area contributed by atoms with Gasteiger partial charge in [-0.2, -0.15) is 0 Å². The molecule has 244 valence electrons. The van der Waals surface area contributed by atoms with E-state index in [0.29, 0.717) is 65.4 Å². The van der Waals surface area contributed by atoms with Crippen molar-refractivity contribution in [3.63, 3.8) is 0 Å². The summed E-state index contributed by atoms with van der Waals surface area (Å²) in [6, 6.07) is 23.2. The molecule has 1 heterocycles. The summed E-state index contributed by atoms with van der Waals surface area (Å²) < 4.78 is 6.20. The van der Waals surface area contributed by atoms with Crippen LogP contribution in [-0.4, -0.2) is 35.5 Å². The van der Waals surface area contributed by atoms with Gasteiger partial charge in [0.05, 0.1) is 0 Å². The van der Waals surface area contributed by atoms with Crippen molar-refractivity contribution in [1.82, 2.24) is 4.90 Å². The van der Waals surface area contributed by atoms with Crippen molar-refractivity contribution in [2.24, 2.45) is 10.8 Å². The SMILES string of the molecule is Cc1ccc(NC(=O)COc2ccc(Cl)cc2C2C3=C(CC(C)(C)CC3=O)N(CCc3ccccc3)C3=C2C(=O)CC(C)(C)C3)cc1.